The maximum Gasteiger partial charge on any atom is 0.264 e. The molecule has 1 amide bonds. The number of para-hydroxylation sites is 1. The molecule has 1 fully saturated rings. The number of nitrogens with zero attached hydrogens (tertiary/aromatic N) is 4. The number of aromatic nitrogens is 2. The Balaban J connectivity index is 1.23. The van der Waals surface area contributed by atoms with Crippen molar-refractivity contribution in [3.8, 4) is 28.7 Å². The largest absolute Gasteiger partial charge is 0.457 e. The average molecular weight is 517 g/mol. The Bertz CT molecular complexity index is 1500. The second-order valence-electron chi connectivity index (χ2n) is 9.29. The Morgan fingerprint density at radius 1 is 1.03 bits per heavy atom. The van der Waals surface area contributed by atoms with Crippen LogP contribution in [0.4, 0.5) is 11.6 Å². The number of nitriles is 1. The molecule has 4 aromatic rings. The minimum absolute atomic E-state index is 0.139. The van der Waals surface area contributed by atoms with E-state index in [1.165, 1.54) is 6.33 Å². The van der Waals surface area contributed by atoms with Crippen molar-refractivity contribution in [3.63, 3.8) is 0 Å². The standard InChI is InChI=1S/C31H28N6O2/c32-18-25(17-22-7-3-1-4-8-22)31(38)37-16-15-23(20-37)19-34-30-28(29(33)35-21-36-30)24-11-13-27(14-12-24)39-26-9-5-2-6-10-26/h1-14,17,21,23H,15-16,19-20H2,(H3,33,34,35,36)/b25-17-. The van der Waals surface area contributed by atoms with Gasteiger partial charge < -0.3 is 20.7 Å². The van der Waals surface area contributed by atoms with Gasteiger partial charge in [-0.1, -0.05) is 60.7 Å². The summed E-state index contributed by atoms with van der Waals surface area (Å²) in [6, 6.07) is 28.7. The van der Waals surface area contributed by atoms with Gasteiger partial charge in [-0.3, -0.25) is 4.79 Å². The highest BCUT2D eigenvalue weighted by atomic mass is 16.5. The molecule has 1 saturated heterocycles. The third-order valence-electron chi connectivity index (χ3n) is 6.59. The van der Waals surface area contributed by atoms with E-state index in [1.807, 2.05) is 84.9 Å². The first kappa shape index (κ1) is 25.5. The van der Waals surface area contributed by atoms with E-state index in [0.717, 1.165) is 23.3 Å². The van der Waals surface area contributed by atoms with Gasteiger partial charge in [-0.2, -0.15) is 5.26 Å². The van der Waals surface area contributed by atoms with E-state index in [-0.39, 0.29) is 17.4 Å². The van der Waals surface area contributed by atoms with Gasteiger partial charge in [0.1, 0.15) is 41.1 Å². The SMILES string of the molecule is N#C/C(=C/c1ccccc1)C(=O)N1CCC(CNc2ncnc(N)c2-c2ccc(Oc3ccccc3)cc2)C1. The molecule has 194 valence electrons. The molecule has 1 unspecified atom stereocenters. The Labute approximate surface area is 227 Å². The number of nitrogens with one attached hydrogen (secondary N) is 1. The molecule has 1 aliphatic heterocycles. The molecule has 8 heteroatoms. The second-order valence-corrected chi connectivity index (χ2v) is 9.29. The predicted octanol–water partition coefficient (Wildman–Crippen LogP) is 5.39. The minimum Gasteiger partial charge on any atom is -0.457 e. The monoisotopic (exact) mass is 516 g/mol. The lowest BCUT2D eigenvalue weighted by Crippen LogP contribution is -2.30. The number of anilines is 2. The molecule has 1 atom stereocenters. The van der Waals surface area contributed by atoms with E-state index in [4.69, 9.17) is 10.5 Å². The Hall–Kier alpha value is -5.16. The smallest absolute Gasteiger partial charge is 0.264 e. The Morgan fingerprint density at radius 2 is 1.72 bits per heavy atom. The molecule has 0 radical (unpaired) electrons. The van der Waals surface area contributed by atoms with Crippen molar-refractivity contribution in [2.45, 2.75) is 6.42 Å². The summed E-state index contributed by atoms with van der Waals surface area (Å²) < 4.78 is 5.90. The molecular formula is C31H28N6O2. The molecule has 1 aromatic heterocycles. The van der Waals surface area contributed by atoms with Crippen LogP contribution in [-0.4, -0.2) is 40.4 Å². The lowest BCUT2D eigenvalue weighted by molar-refractivity contribution is -0.125. The van der Waals surface area contributed by atoms with E-state index in [9.17, 15) is 10.1 Å². The summed E-state index contributed by atoms with van der Waals surface area (Å²) >= 11 is 0. The van der Waals surface area contributed by atoms with Gasteiger partial charge in [0, 0.05) is 19.6 Å². The van der Waals surface area contributed by atoms with Crippen molar-refractivity contribution >= 4 is 23.6 Å². The quantitative estimate of drug-likeness (QED) is 0.238. The summed E-state index contributed by atoms with van der Waals surface area (Å²) in [5, 5.41) is 13.0. The zero-order valence-electron chi connectivity index (χ0n) is 21.3. The Kier molecular flexibility index (Phi) is 7.79. The number of nitrogens with two attached hydrogens (primary N) is 1. The lowest BCUT2D eigenvalue weighted by Gasteiger charge is -2.18. The van der Waals surface area contributed by atoms with Crippen molar-refractivity contribution in [3.05, 3.63) is 102 Å². The van der Waals surface area contributed by atoms with Crippen molar-refractivity contribution in [1.29, 1.82) is 5.26 Å². The topological polar surface area (TPSA) is 117 Å². The first-order valence-corrected chi connectivity index (χ1v) is 12.7. The van der Waals surface area contributed by atoms with Crippen LogP contribution in [-0.2, 0) is 4.79 Å². The van der Waals surface area contributed by atoms with Gasteiger partial charge in [0.15, 0.2) is 0 Å². The van der Waals surface area contributed by atoms with Crippen LogP contribution in [0, 0.1) is 17.2 Å². The maximum absolute atomic E-state index is 13.0. The fourth-order valence-electron chi connectivity index (χ4n) is 4.58. The average Bonchev–Trinajstić information content (AvgIpc) is 3.45. The number of likely N-dealkylation sites (tertiary alicyclic amines) is 1. The molecule has 0 saturated carbocycles. The highest BCUT2D eigenvalue weighted by Crippen LogP contribution is 2.33. The van der Waals surface area contributed by atoms with E-state index in [1.54, 1.807) is 11.0 Å². The summed E-state index contributed by atoms with van der Waals surface area (Å²) in [6.45, 7) is 1.76. The summed E-state index contributed by atoms with van der Waals surface area (Å²) in [6.07, 6.45) is 3.90. The maximum atomic E-state index is 13.0. The van der Waals surface area contributed by atoms with Crippen molar-refractivity contribution < 1.29 is 9.53 Å². The molecule has 8 nitrogen and oxygen atoms in total. The highest BCUT2D eigenvalue weighted by molar-refractivity contribution is 6.01. The second kappa shape index (κ2) is 11.9. The zero-order valence-corrected chi connectivity index (χ0v) is 21.3. The van der Waals surface area contributed by atoms with Crippen molar-refractivity contribution in [2.24, 2.45) is 5.92 Å². The third-order valence-corrected chi connectivity index (χ3v) is 6.59. The molecule has 2 heterocycles. The predicted molar refractivity (Wildman–Crippen MR) is 152 cm³/mol. The molecule has 39 heavy (non-hydrogen) atoms. The number of nitrogen functional groups attached to an aromatic ring is 1. The van der Waals surface area contributed by atoms with Gasteiger partial charge in [0.25, 0.3) is 5.91 Å². The molecule has 1 aliphatic rings. The van der Waals surface area contributed by atoms with Crippen LogP contribution in [0.25, 0.3) is 17.2 Å². The summed E-state index contributed by atoms with van der Waals surface area (Å²) in [7, 11) is 0. The van der Waals surface area contributed by atoms with Crippen LogP contribution in [0.1, 0.15) is 12.0 Å². The number of ether oxygens (including phenoxy) is 1. The number of benzene rings is 3. The first-order valence-electron chi connectivity index (χ1n) is 12.7. The van der Waals surface area contributed by atoms with Crippen LogP contribution in [0.2, 0.25) is 0 Å². The molecular weight excluding hydrogens is 488 g/mol. The summed E-state index contributed by atoms with van der Waals surface area (Å²) in [4.78, 5) is 23.4. The van der Waals surface area contributed by atoms with E-state index in [2.05, 4.69) is 21.4 Å². The van der Waals surface area contributed by atoms with Gasteiger partial charge in [-0.05, 0) is 53.8 Å². The Morgan fingerprint density at radius 3 is 2.44 bits per heavy atom. The van der Waals surface area contributed by atoms with E-state index >= 15 is 0 Å². The molecule has 3 aromatic carbocycles. The van der Waals surface area contributed by atoms with Crippen molar-refractivity contribution in [1.82, 2.24) is 14.9 Å². The lowest BCUT2D eigenvalue weighted by atomic mass is 10.1. The molecule has 0 bridgehead atoms. The van der Waals surface area contributed by atoms with Crippen LogP contribution >= 0.6 is 0 Å². The van der Waals surface area contributed by atoms with Gasteiger partial charge >= 0.3 is 0 Å². The fraction of sp³-hybridized carbons (Fsp3) is 0.161. The number of rotatable bonds is 8. The molecule has 0 aliphatic carbocycles. The van der Waals surface area contributed by atoms with Crippen LogP contribution in [0.15, 0.2) is 96.8 Å². The minimum atomic E-state index is -0.242. The van der Waals surface area contributed by atoms with Crippen LogP contribution in [0.5, 0.6) is 11.5 Å². The van der Waals surface area contributed by atoms with Gasteiger partial charge in [0.2, 0.25) is 0 Å². The van der Waals surface area contributed by atoms with Crippen LogP contribution in [0.3, 0.4) is 0 Å². The summed E-state index contributed by atoms with van der Waals surface area (Å²) in [5.41, 5.74) is 8.81. The highest BCUT2D eigenvalue weighted by Gasteiger charge is 2.28. The molecule has 0 spiro atoms. The van der Waals surface area contributed by atoms with Crippen molar-refractivity contribution in [2.75, 3.05) is 30.7 Å². The van der Waals surface area contributed by atoms with Crippen LogP contribution < -0.4 is 15.8 Å². The van der Waals surface area contributed by atoms with Gasteiger partial charge in [0.05, 0.1) is 5.56 Å². The van der Waals surface area contributed by atoms with E-state index < -0.39 is 0 Å². The fourth-order valence-corrected chi connectivity index (χ4v) is 4.58. The molecule has 3 N–H and O–H groups in total. The van der Waals surface area contributed by atoms with Gasteiger partial charge in [-0.25, -0.2) is 9.97 Å². The number of carbonyl (C=O) groups excluding carboxylic acids is 1. The first-order chi connectivity index (χ1) is 19.1. The van der Waals surface area contributed by atoms with Gasteiger partial charge in [-0.15, -0.1) is 0 Å². The number of amides is 1. The summed E-state index contributed by atoms with van der Waals surface area (Å²) in [5.74, 6) is 2.44. The normalized spacial score (nSPS) is 15.0. The number of hydrogen-bond donors (Lipinski definition) is 2. The number of carbonyl (C=O) groups is 1. The third kappa shape index (κ3) is 6.22. The zero-order chi connectivity index (χ0) is 27.0. The molecule has 5 rings (SSSR count). The van der Waals surface area contributed by atoms with E-state index in [0.29, 0.717) is 42.6 Å². The number of hydrogen-bond acceptors (Lipinski definition) is 7.